The first-order valence-corrected chi connectivity index (χ1v) is 5.61. The molecule has 108 valence electrons. The van der Waals surface area contributed by atoms with Gasteiger partial charge in [-0.3, -0.25) is 14.3 Å². The Morgan fingerprint density at radius 3 is 2.47 bits per heavy atom. The number of nitrogens with two attached hydrogens (primary N) is 1. The molecule has 0 aliphatic heterocycles. The standard InChI is InChI=1S/C10H15F3N4O2/c1-3-17-7(14)6(8(18)16-9(17)19)15-5(2)4-10(11,12)13/h5,15H,3-4,14H2,1-2H3,(H,16,18,19). The number of hydrogen-bond donors (Lipinski definition) is 3. The summed E-state index contributed by atoms with van der Waals surface area (Å²) in [4.78, 5) is 24.9. The summed E-state index contributed by atoms with van der Waals surface area (Å²) in [5, 5.41) is 2.39. The fourth-order valence-electron chi connectivity index (χ4n) is 1.69. The second kappa shape index (κ2) is 5.37. The predicted octanol–water partition coefficient (Wildman–Crippen LogP) is 0.891. The number of aromatic nitrogens is 2. The molecule has 1 aromatic rings. The maximum atomic E-state index is 12.2. The minimum absolute atomic E-state index is 0.176. The van der Waals surface area contributed by atoms with Gasteiger partial charge in [-0.05, 0) is 13.8 Å². The average molecular weight is 280 g/mol. The van der Waals surface area contributed by atoms with E-state index in [0.717, 1.165) is 4.57 Å². The molecular formula is C10H15F3N4O2. The number of aromatic amines is 1. The smallest absolute Gasteiger partial charge is 0.383 e. The first-order chi connectivity index (χ1) is 8.65. The number of hydrogen-bond acceptors (Lipinski definition) is 4. The Labute approximate surface area is 106 Å². The maximum Gasteiger partial charge on any atom is 0.391 e. The van der Waals surface area contributed by atoms with Crippen molar-refractivity contribution in [2.45, 2.75) is 39.0 Å². The molecule has 1 aromatic heterocycles. The molecule has 0 saturated carbocycles. The lowest BCUT2D eigenvalue weighted by Crippen LogP contribution is -2.36. The van der Waals surface area contributed by atoms with E-state index >= 15 is 0 Å². The topological polar surface area (TPSA) is 92.9 Å². The van der Waals surface area contributed by atoms with Crippen LogP contribution in [0.5, 0.6) is 0 Å². The Bertz CT molecular complexity index is 561. The maximum absolute atomic E-state index is 12.2. The van der Waals surface area contributed by atoms with Crippen LogP contribution in [-0.2, 0) is 6.54 Å². The minimum Gasteiger partial charge on any atom is -0.383 e. The Morgan fingerprint density at radius 1 is 1.42 bits per heavy atom. The number of anilines is 2. The highest BCUT2D eigenvalue weighted by molar-refractivity contribution is 5.60. The minimum atomic E-state index is -4.35. The van der Waals surface area contributed by atoms with Crippen molar-refractivity contribution in [1.29, 1.82) is 0 Å². The number of nitrogens with one attached hydrogen (secondary N) is 2. The van der Waals surface area contributed by atoms with Crippen LogP contribution >= 0.6 is 0 Å². The van der Waals surface area contributed by atoms with Crippen LogP contribution in [0, 0.1) is 0 Å². The van der Waals surface area contributed by atoms with E-state index in [-0.39, 0.29) is 18.1 Å². The van der Waals surface area contributed by atoms with Crippen LogP contribution in [0.4, 0.5) is 24.7 Å². The van der Waals surface area contributed by atoms with Crippen molar-refractivity contribution in [1.82, 2.24) is 9.55 Å². The van der Waals surface area contributed by atoms with Crippen LogP contribution in [0.2, 0.25) is 0 Å². The molecule has 0 aliphatic carbocycles. The van der Waals surface area contributed by atoms with Gasteiger partial charge in [-0.2, -0.15) is 13.2 Å². The van der Waals surface area contributed by atoms with Gasteiger partial charge in [-0.15, -0.1) is 0 Å². The van der Waals surface area contributed by atoms with Crippen molar-refractivity contribution in [3.63, 3.8) is 0 Å². The SMILES string of the molecule is CCn1c(N)c(NC(C)CC(F)(F)F)c(=O)[nH]c1=O. The zero-order valence-electron chi connectivity index (χ0n) is 10.5. The van der Waals surface area contributed by atoms with Crippen LogP contribution in [0.25, 0.3) is 0 Å². The molecule has 0 amide bonds. The van der Waals surface area contributed by atoms with Crippen LogP contribution in [0.1, 0.15) is 20.3 Å². The Balaban J connectivity index is 3.09. The molecule has 0 fully saturated rings. The van der Waals surface area contributed by atoms with Crippen molar-refractivity contribution in [2.24, 2.45) is 0 Å². The third-order valence-electron chi connectivity index (χ3n) is 2.48. The molecule has 0 spiro atoms. The van der Waals surface area contributed by atoms with E-state index in [0.29, 0.717) is 0 Å². The number of nitrogen functional groups attached to an aromatic ring is 1. The van der Waals surface area contributed by atoms with E-state index in [2.05, 4.69) is 5.32 Å². The third kappa shape index (κ3) is 3.76. The Hall–Kier alpha value is -1.93. The molecule has 1 heterocycles. The van der Waals surface area contributed by atoms with Gasteiger partial charge in [-0.1, -0.05) is 0 Å². The van der Waals surface area contributed by atoms with E-state index in [9.17, 15) is 22.8 Å². The van der Waals surface area contributed by atoms with Gasteiger partial charge in [0.1, 0.15) is 11.5 Å². The van der Waals surface area contributed by atoms with E-state index in [1.807, 2.05) is 4.98 Å². The molecule has 19 heavy (non-hydrogen) atoms. The normalized spacial score (nSPS) is 13.3. The van der Waals surface area contributed by atoms with Gasteiger partial charge in [-0.25, -0.2) is 4.79 Å². The molecule has 0 radical (unpaired) electrons. The molecular weight excluding hydrogens is 265 g/mol. The van der Waals surface area contributed by atoms with Gasteiger partial charge >= 0.3 is 11.9 Å². The lowest BCUT2D eigenvalue weighted by Gasteiger charge is -2.18. The molecule has 1 atom stereocenters. The van der Waals surface area contributed by atoms with Crippen LogP contribution in [-0.4, -0.2) is 21.8 Å². The summed E-state index contributed by atoms with van der Waals surface area (Å²) >= 11 is 0. The molecule has 4 N–H and O–H groups in total. The van der Waals surface area contributed by atoms with Crippen molar-refractivity contribution in [3.05, 3.63) is 20.8 Å². The summed E-state index contributed by atoms with van der Waals surface area (Å²) in [6.07, 6.45) is -5.47. The number of H-pyrrole nitrogens is 1. The first kappa shape index (κ1) is 15.1. The summed E-state index contributed by atoms with van der Waals surface area (Å²) in [7, 11) is 0. The Morgan fingerprint density at radius 2 is 2.00 bits per heavy atom. The second-order valence-corrected chi connectivity index (χ2v) is 4.13. The summed E-state index contributed by atoms with van der Waals surface area (Å²) < 4.78 is 37.7. The van der Waals surface area contributed by atoms with Gasteiger partial charge in [0.15, 0.2) is 0 Å². The molecule has 0 aliphatic rings. The summed E-state index contributed by atoms with van der Waals surface area (Å²) in [5.41, 5.74) is 3.86. The van der Waals surface area contributed by atoms with Gasteiger partial charge in [0.2, 0.25) is 0 Å². The molecule has 6 nitrogen and oxygen atoms in total. The van der Waals surface area contributed by atoms with Crippen molar-refractivity contribution in [3.8, 4) is 0 Å². The lowest BCUT2D eigenvalue weighted by molar-refractivity contribution is -0.136. The second-order valence-electron chi connectivity index (χ2n) is 4.13. The van der Waals surface area contributed by atoms with Crippen LogP contribution in [0.3, 0.4) is 0 Å². The zero-order valence-corrected chi connectivity index (χ0v) is 10.5. The third-order valence-corrected chi connectivity index (χ3v) is 2.48. The fraction of sp³-hybridized carbons (Fsp3) is 0.600. The molecule has 9 heteroatoms. The lowest BCUT2D eigenvalue weighted by atomic mass is 10.2. The summed E-state index contributed by atoms with van der Waals surface area (Å²) in [6.45, 7) is 3.09. The summed E-state index contributed by atoms with van der Waals surface area (Å²) in [5.74, 6) is -0.176. The van der Waals surface area contributed by atoms with Gasteiger partial charge in [0.25, 0.3) is 5.56 Å². The van der Waals surface area contributed by atoms with Crippen LogP contribution in [0.15, 0.2) is 9.59 Å². The predicted molar refractivity (Wildman–Crippen MR) is 65.2 cm³/mol. The highest BCUT2D eigenvalue weighted by Crippen LogP contribution is 2.23. The monoisotopic (exact) mass is 280 g/mol. The number of nitrogens with zero attached hydrogens (tertiary/aromatic N) is 1. The van der Waals surface area contributed by atoms with Crippen molar-refractivity contribution < 1.29 is 13.2 Å². The van der Waals surface area contributed by atoms with E-state index < -0.39 is 29.9 Å². The zero-order chi connectivity index (χ0) is 14.8. The van der Waals surface area contributed by atoms with Gasteiger partial charge < -0.3 is 11.1 Å². The molecule has 0 saturated heterocycles. The van der Waals surface area contributed by atoms with E-state index in [1.165, 1.54) is 6.92 Å². The first-order valence-electron chi connectivity index (χ1n) is 5.61. The quantitative estimate of drug-likeness (QED) is 0.763. The molecule has 0 aromatic carbocycles. The van der Waals surface area contributed by atoms with Crippen molar-refractivity contribution >= 4 is 11.5 Å². The highest BCUT2D eigenvalue weighted by Gasteiger charge is 2.30. The highest BCUT2D eigenvalue weighted by atomic mass is 19.4. The van der Waals surface area contributed by atoms with Crippen molar-refractivity contribution in [2.75, 3.05) is 11.1 Å². The van der Waals surface area contributed by atoms with Gasteiger partial charge in [0, 0.05) is 12.6 Å². The molecule has 0 bridgehead atoms. The number of halogens is 3. The Kier molecular flexibility index (Phi) is 4.28. The van der Waals surface area contributed by atoms with E-state index in [4.69, 9.17) is 5.73 Å². The van der Waals surface area contributed by atoms with Gasteiger partial charge in [0.05, 0.1) is 6.42 Å². The molecule has 1 rings (SSSR count). The summed E-state index contributed by atoms with van der Waals surface area (Å²) in [6, 6.07) is -1.04. The number of rotatable bonds is 4. The van der Waals surface area contributed by atoms with Crippen LogP contribution < -0.4 is 22.3 Å². The average Bonchev–Trinajstić information content (AvgIpc) is 2.22. The largest absolute Gasteiger partial charge is 0.391 e. The van der Waals surface area contributed by atoms with E-state index in [1.54, 1.807) is 6.92 Å². The molecule has 1 unspecified atom stereocenters. The fourth-order valence-corrected chi connectivity index (χ4v) is 1.69. The number of alkyl halides is 3.